The van der Waals surface area contributed by atoms with Gasteiger partial charge in [0.05, 0.1) is 4.01 Å². The molecule has 0 saturated carbocycles. The van der Waals surface area contributed by atoms with Crippen LogP contribution < -0.4 is 0 Å². The summed E-state index contributed by atoms with van der Waals surface area (Å²) >= 11 is 3.92. The molecule has 0 bridgehead atoms. The van der Waals surface area contributed by atoms with E-state index < -0.39 is 0 Å². The normalized spacial score (nSPS) is 12.1. The second-order valence-corrected chi connectivity index (χ2v) is 6.78. The van der Waals surface area contributed by atoms with Gasteiger partial charge in [-0.1, -0.05) is 27.7 Å². The molecule has 0 aliphatic carbocycles. The highest BCUT2D eigenvalue weighted by atomic mass is 32.2. The minimum Gasteiger partial charge on any atom is -0.129 e. The van der Waals surface area contributed by atoms with Crippen LogP contribution in [0.2, 0.25) is 0 Å². The Hall–Kier alpha value is -0.340. The summed E-state index contributed by atoms with van der Waals surface area (Å²) in [6.45, 7) is 9.05. The molecule has 0 aliphatic rings. The van der Waals surface area contributed by atoms with Crippen LogP contribution in [0.4, 0.5) is 0 Å². The molecule has 0 spiro atoms. The van der Waals surface area contributed by atoms with Gasteiger partial charge in [0.1, 0.15) is 0 Å². The summed E-state index contributed by atoms with van der Waals surface area (Å²) in [5.74, 6) is 1.34. The molecule has 2 rings (SSSR count). The number of hydrogen-bond donors (Lipinski definition) is 0. The van der Waals surface area contributed by atoms with E-state index in [2.05, 4.69) is 39.8 Å². The summed E-state index contributed by atoms with van der Waals surface area (Å²) < 4.78 is 1.50. The van der Waals surface area contributed by atoms with Gasteiger partial charge >= 0.3 is 0 Å². The van der Waals surface area contributed by atoms with Gasteiger partial charge in [0, 0.05) is 15.1 Å². The molecule has 0 unspecified atom stereocenters. The zero-order chi connectivity index (χ0) is 10.3. The Morgan fingerprint density at radius 2 is 1.29 bits per heavy atom. The maximum Gasteiger partial charge on any atom is 0.0870 e. The lowest BCUT2D eigenvalue weighted by molar-refractivity contribution is 0.888. The van der Waals surface area contributed by atoms with E-state index in [0.717, 1.165) is 0 Å². The average molecular weight is 224 g/mol. The van der Waals surface area contributed by atoms with Crippen LogP contribution in [0.3, 0.4) is 0 Å². The largest absolute Gasteiger partial charge is 0.129 e. The predicted molar refractivity (Wildman–Crippen MR) is 67.9 cm³/mol. The third kappa shape index (κ3) is 1.73. The first-order chi connectivity index (χ1) is 6.58. The molecule has 0 N–H and O–H groups in total. The van der Waals surface area contributed by atoms with Gasteiger partial charge in [-0.2, -0.15) is 0 Å². The summed E-state index contributed by atoms with van der Waals surface area (Å²) in [5, 5.41) is 1.45. The molecule has 0 nitrogen and oxygen atoms in total. The quantitative estimate of drug-likeness (QED) is 0.657. The van der Waals surface area contributed by atoms with Gasteiger partial charge in [-0.05, 0) is 24.0 Å². The molecule has 0 saturated heterocycles. The van der Waals surface area contributed by atoms with Crippen LogP contribution in [0.15, 0.2) is 12.1 Å². The van der Waals surface area contributed by atoms with E-state index in [1.54, 1.807) is 0 Å². The van der Waals surface area contributed by atoms with E-state index in [9.17, 15) is 0 Å². The van der Waals surface area contributed by atoms with Crippen molar-refractivity contribution in [2.75, 3.05) is 0 Å². The van der Waals surface area contributed by atoms with Crippen LogP contribution in [0.1, 0.15) is 49.3 Å². The molecule has 2 heteroatoms. The first kappa shape index (κ1) is 10.2. The molecule has 0 amide bonds. The third-order valence-electron chi connectivity index (χ3n) is 2.39. The Kier molecular flexibility index (Phi) is 2.67. The van der Waals surface area contributed by atoms with Crippen LogP contribution in [-0.2, 0) is 0 Å². The SMILES string of the molecule is CC(C)c1cc2cc(C(C)C)sc2s1. The average Bonchev–Trinajstić information content (AvgIpc) is 2.57. The summed E-state index contributed by atoms with van der Waals surface area (Å²) in [6, 6.07) is 4.71. The molecule has 2 aromatic heterocycles. The Morgan fingerprint density at radius 3 is 1.57 bits per heavy atom. The van der Waals surface area contributed by atoms with Crippen molar-refractivity contribution in [2.24, 2.45) is 0 Å². The molecular weight excluding hydrogens is 208 g/mol. The first-order valence-electron chi connectivity index (χ1n) is 5.11. The van der Waals surface area contributed by atoms with Crippen molar-refractivity contribution in [3.8, 4) is 0 Å². The first-order valence-corrected chi connectivity index (χ1v) is 6.74. The van der Waals surface area contributed by atoms with Gasteiger partial charge in [-0.3, -0.25) is 0 Å². The molecule has 0 aromatic carbocycles. The van der Waals surface area contributed by atoms with Gasteiger partial charge in [-0.15, -0.1) is 22.7 Å². The molecule has 0 fully saturated rings. The Morgan fingerprint density at radius 1 is 0.857 bits per heavy atom. The summed E-state index contributed by atoms with van der Waals surface area (Å²) in [5.41, 5.74) is 0. The van der Waals surface area contributed by atoms with E-state index in [1.165, 1.54) is 19.2 Å². The highest BCUT2D eigenvalue weighted by Crippen LogP contribution is 2.38. The molecule has 76 valence electrons. The van der Waals surface area contributed by atoms with Crippen LogP contribution in [0.25, 0.3) is 9.40 Å². The fourth-order valence-electron chi connectivity index (χ4n) is 1.45. The zero-order valence-corrected chi connectivity index (χ0v) is 10.8. The fraction of sp³-hybridized carbons (Fsp3) is 0.500. The summed E-state index contributed by atoms with van der Waals surface area (Å²) in [6.07, 6.45) is 0. The molecule has 2 heterocycles. The van der Waals surface area contributed by atoms with Crippen molar-refractivity contribution in [1.82, 2.24) is 0 Å². The third-order valence-corrected chi connectivity index (χ3v) is 5.38. The van der Waals surface area contributed by atoms with Crippen molar-refractivity contribution in [1.29, 1.82) is 0 Å². The van der Waals surface area contributed by atoms with Crippen LogP contribution >= 0.6 is 22.7 Å². The van der Waals surface area contributed by atoms with E-state index in [4.69, 9.17) is 0 Å². The van der Waals surface area contributed by atoms with Crippen LogP contribution in [0.5, 0.6) is 0 Å². The maximum atomic E-state index is 2.35. The van der Waals surface area contributed by atoms with Crippen molar-refractivity contribution in [2.45, 2.75) is 39.5 Å². The van der Waals surface area contributed by atoms with Crippen LogP contribution in [-0.4, -0.2) is 0 Å². The molecule has 0 atom stereocenters. The van der Waals surface area contributed by atoms with Gasteiger partial charge < -0.3 is 0 Å². The van der Waals surface area contributed by atoms with Gasteiger partial charge in [0.25, 0.3) is 0 Å². The topological polar surface area (TPSA) is 0 Å². The minimum absolute atomic E-state index is 0.669. The monoisotopic (exact) mass is 224 g/mol. The van der Waals surface area contributed by atoms with Crippen molar-refractivity contribution < 1.29 is 0 Å². The predicted octanol–water partition coefficient (Wildman–Crippen LogP) is 5.21. The van der Waals surface area contributed by atoms with Gasteiger partial charge in [-0.25, -0.2) is 0 Å². The molecular formula is C12H16S2. The van der Waals surface area contributed by atoms with E-state index in [0.29, 0.717) is 11.8 Å². The van der Waals surface area contributed by atoms with E-state index in [1.807, 2.05) is 22.7 Å². The Balaban J connectivity index is 2.45. The Bertz CT molecular complexity index is 363. The van der Waals surface area contributed by atoms with E-state index >= 15 is 0 Å². The Labute approximate surface area is 93.6 Å². The van der Waals surface area contributed by atoms with Crippen LogP contribution in [0, 0.1) is 0 Å². The van der Waals surface area contributed by atoms with Crippen molar-refractivity contribution in [3.05, 3.63) is 21.9 Å². The van der Waals surface area contributed by atoms with Gasteiger partial charge in [0.2, 0.25) is 0 Å². The molecule has 14 heavy (non-hydrogen) atoms. The van der Waals surface area contributed by atoms with Gasteiger partial charge in [0.15, 0.2) is 0 Å². The van der Waals surface area contributed by atoms with Crippen molar-refractivity contribution in [3.63, 3.8) is 0 Å². The highest BCUT2D eigenvalue weighted by Gasteiger charge is 2.10. The number of thiophene rings is 2. The second-order valence-electron chi connectivity index (χ2n) is 4.35. The standard InChI is InChI=1S/C12H16S2/c1-7(2)10-5-9-6-11(8(3)4)14-12(9)13-10/h5-8H,1-4H3. The minimum atomic E-state index is 0.669. The fourth-order valence-corrected chi connectivity index (χ4v) is 3.93. The number of fused-ring (bicyclic) bond motifs is 1. The lowest BCUT2D eigenvalue weighted by atomic mass is 10.1. The molecule has 0 radical (unpaired) electrons. The lowest BCUT2D eigenvalue weighted by Crippen LogP contribution is -1.79. The summed E-state index contributed by atoms with van der Waals surface area (Å²) in [4.78, 5) is 3.03. The second kappa shape index (κ2) is 3.67. The number of rotatable bonds is 2. The maximum absolute atomic E-state index is 2.35. The molecule has 2 aromatic rings. The molecule has 0 aliphatic heterocycles. The summed E-state index contributed by atoms with van der Waals surface area (Å²) in [7, 11) is 0. The highest BCUT2D eigenvalue weighted by molar-refractivity contribution is 7.38. The smallest absolute Gasteiger partial charge is 0.0870 e. The van der Waals surface area contributed by atoms with E-state index in [-0.39, 0.29) is 0 Å². The lowest BCUT2D eigenvalue weighted by Gasteiger charge is -1.99. The number of hydrogen-bond acceptors (Lipinski definition) is 2. The van der Waals surface area contributed by atoms with Crippen molar-refractivity contribution >= 4 is 32.1 Å². The zero-order valence-electron chi connectivity index (χ0n) is 9.13.